The van der Waals surface area contributed by atoms with E-state index in [-0.39, 0.29) is 19.1 Å². The summed E-state index contributed by atoms with van der Waals surface area (Å²) < 4.78 is 4.73. The molecule has 1 amide bonds. The summed E-state index contributed by atoms with van der Waals surface area (Å²) in [6.07, 6.45) is -0.672. The fraction of sp³-hybridized carbons (Fsp3) is 0.444. The quantitative estimate of drug-likeness (QED) is 0.674. The smallest absolute Gasteiger partial charge is 0.261 e. The Morgan fingerprint density at radius 3 is 3.07 bits per heavy atom. The van der Waals surface area contributed by atoms with Gasteiger partial charge in [-0.25, -0.2) is 0 Å². The van der Waals surface area contributed by atoms with E-state index in [4.69, 9.17) is 4.74 Å². The largest absolute Gasteiger partial charge is 0.389 e. The van der Waals surface area contributed by atoms with Gasteiger partial charge >= 0.3 is 0 Å². The van der Waals surface area contributed by atoms with Crippen molar-refractivity contribution in [2.45, 2.75) is 11.0 Å². The van der Waals surface area contributed by atoms with Crippen LogP contribution in [0.5, 0.6) is 0 Å². The Bertz CT molecular complexity index is 327. The maximum atomic E-state index is 11.5. The van der Waals surface area contributed by atoms with Gasteiger partial charge in [-0.15, -0.1) is 24.0 Å². The molecule has 0 radical (unpaired) electrons. The van der Waals surface area contributed by atoms with Gasteiger partial charge in [-0.2, -0.15) is 0 Å². The molecule has 1 aromatic rings. The molecule has 2 N–H and O–H groups in total. The number of rotatable bonds is 5. The Hall–Kier alpha value is -0.560. The number of amides is 1. The van der Waals surface area contributed by atoms with Crippen LogP contribution in [0, 0.1) is 0 Å². The van der Waals surface area contributed by atoms with E-state index >= 15 is 0 Å². The van der Waals surface area contributed by atoms with Gasteiger partial charge in [-0.05, 0) is 6.07 Å². The Labute approximate surface area is 97.7 Å². The van der Waals surface area contributed by atoms with Gasteiger partial charge in [0, 0.05) is 23.9 Å². The summed E-state index contributed by atoms with van der Waals surface area (Å²) in [6, 6.07) is 1.69. The number of thiophene rings is 1. The van der Waals surface area contributed by atoms with Crippen molar-refractivity contribution in [2.24, 2.45) is 0 Å². The van der Waals surface area contributed by atoms with Crippen LogP contribution in [0.4, 0.5) is 0 Å². The highest BCUT2D eigenvalue weighted by Crippen LogP contribution is 2.17. The van der Waals surface area contributed by atoms with Gasteiger partial charge in [-0.1, -0.05) is 0 Å². The van der Waals surface area contributed by atoms with Crippen LogP contribution < -0.4 is 5.32 Å². The van der Waals surface area contributed by atoms with E-state index in [1.54, 1.807) is 11.4 Å². The van der Waals surface area contributed by atoms with E-state index < -0.39 is 6.10 Å². The first kappa shape index (κ1) is 12.5. The number of ether oxygens (including phenoxy) is 1. The molecule has 4 nitrogen and oxygen atoms in total. The van der Waals surface area contributed by atoms with Gasteiger partial charge in [-0.3, -0.25) is 4.79 Å². The van der Waals surface area contributed by atoms with E-state index in [1.165, 1.54) is 18.4 Å². The fourth-order valence-electron chi connectivity index (χ4n) is 0.994. The molecule has 0 aliphatic carbocycles. The Morgan fingerprint density at radius 2 is 2.53 bits per heavy atom. The van der Waals surface area contributed by atoms with Crippen molar-refractivity contribution < 1.29 is 14.6 Å². The average molecular weight is 247 g/mol. The molecular weight excluding hydrogens is 234 g/mol. The minimum atomic E-state index is -0.672. The van der Waals surface area contributed by atoms with Crippen LogP contribution in [0.1, 0.15) is 9.67 Å². The van der Waals surface area contributed by atoms with Crippen molar-refractivity contribution in [3.63, 3.8) is 0 Å². The number of carbonyl (C=O) groups excluding carboxylic acids is 1. The van der Waals surface area contributed by atoms with E-state index in [0.717, 1.165) is 4.90 Å². The van der Waals surface area contributed by atoms with Gasteiger partial charge < -0.3 is 15.2 Å². The topological polar surface area (TPSA) is 58.6 Å². The van der Waals surface area contributed by atoms with Gasteiger partial charge in [0.15, 0.2) is 0 Å². The van der Waals surface area contributed by atoms with Gasteiger partial charge in [0.25, 0.3) is 5.91 Å². The van der Waals surface area contributed by atoms with Crippen LogP contribution in [0.15, 0.2) is 16.3 Å². The standard InChI is InChI=1S/C9H13NO3S2/c1-13-4-6(11)3-10-9(12)8-2-7(14)5-15-8/h2,5-6,11,14H,3-4H2,1H3,(H,10,12). The molecule has 1 aromatic heterocycles. The van der Waals surface area contributed by atoms with E-state index in [9.17, 15) is 9.90 Å². The maximum Gasteiger partial charge on any atom is 0.261 e. The molecular formula is C9H13NO3S2. The highest BCUT2D eigenvalue weighted by molar-refractivity contribution is 7.80. The molecule has 0 aliphatic heterocycles. The number of hydrogen-bond acceptors (Lipinski definition) is 5. The lowest BCUT2D eigenvalue weighted by Crippen LogP contribution is -2.33. The van der Waals surface area contributed by atoms with Crippen molar-refractivity contribution in [3.05, 3.63) is 16.3 Å². The third-order valence-corrected chi connectivity index (χ3v) is 3.03. The second kappa shape index (κ2) is 6.12. The van der Waals surface area contributed by atoms with E-state index in [2.05, 4.69) is 17.9 Å². The summed E-state index contributed by atoms with van der Waals surface area (Å²) in [4.78, 5) is 12.8. The minimum Gasteiger partial charge on any atom is -0.389 e. The molecule has 1 heterocycles. The minimum absolute atomic E-state index is 0.187. The maximum absolute atomic E-state index is 11.5. The lowest BCUT2D eigenvalue weighted by Gasteiger charge is -2.09. The molecule has 0 bridgehead atoms. The first-order valence-electron chi connectivity index (χ1n) is 4.36. The van der Waals surface area contributed by atoms with Crippen molar-refractivity contribution in [2.75, 3.05) is 20.3 Å². The van der Waals surface area contributed by atoms with Crippen LogP contribution in [0.25, 0.3) is 0 Å². The summed E-state index contributed by atoms with van der Waals surface area (Å²) in [5, 5.41) is 13.7. The zero-order valence-electron chi connectivity index (χ0n) is 8.27. The molecule has 0 fully saturated rings. The van der Waals surface area contributed by atoms with Crippen molar-refractivity contribution in [1.82, 2.24) is 5.32 Å². The lowest BCUT2D eigenvalue weighted by molar-refractivity contribution is 0.0610. The first-order chi connectivity index (χ1) is 7.13. The number of methoxy groups -OCH3 is 1. The summed E-state index contributed by atoms with van der Waals surface area (Å²) >= 11 is 5.42. The molecule has 15 heavy (non-hydrogen) atoms. The highest BCUT2D eigenvalue weighted by Gasteiger charge is 2.10. The number of aliphatic hydroxyl groups is 1. The summed E-state index contributed by atoms with van der Waals surface area (Å²) in [6.45, 7) is 0.398. The second-order valence-corrected chi connectivity index (χ2v) is 4.42. The molecule has 1 unspecified atom stereocenters. The number of aliphatic hydroxyl groups excluding tert-OH is 1. The second-order valence-electron chi connectivity index (χ2n) is 2.99. The van der Waals surface area contributed by atoms with E-state index in [0.29, 0.717) is 4.88 Å². The zero-order chi connectivity index (χ0) is 11.3. The number of thiol groups is 1. The third kappa shape index (κ3) is 4.21. The van der Waals surface area contributed by atoms with Crippen LogP contribution in [-0.2, 0) is 4.74 Å². The number of hydrogen-bond donors (Lipinski definition) is 3. The molecule has 1 rings (SSSR count). The Balaban J connectivity index is 2.36. The summed E-state index contributed by atoms with van der Waals surface area (Å²) in [5.41, 5.74) is 0. The predicted molar refractivity (Wildman–Crippen MR) is 61.8 cm³/mol. The zero-order valence-corrected chi connectivity index (χ0v) is 9.98. The average Bonchev–Trinajstić information content (AvgIpc) is 2.62. The first-order valence-corrected chi connectivity index (χ1v) is 5.69. The van der Waals surface area contributed by atoms with Crippen LogP contribution in [0.3, 0.4) is 0 Å². The highest BCUT2D eigenvalue weighted by atomic mass is 32.1. The summed E-state index contributed by atoms with van der Waals surface area (Å²) in [7, 11) is 1.50. The fourth-order valence-corrected chi connectivity index (χ4v) is 2.06. The predicted octanol–water partition coefficient (Wildman–Crippen LogP) is 0.774. The van der Waals surface area contributed by atoms with Crippen molar-refractivity contribution >= 4 is 29.9 Å². The SMILES string of the molecule is COCC(O)CNC(=O)c1cc(S)cs1. The molecule has 0 aromatic carbocycles. The Morgan fingerprint density at radius 1 is 1.80 bits per heavy atom. The lowest BCUT2D eigenvalue weighted by atomic mass is 10.3. The number of nitrogens with one attached hydrogen (secondary N) is 1. The van der Waals surface area contributed by atoms with Gasteiger partial charge in [0.05, 0.1) is 17.6 Å². The molecule has 0 saturated heterocycles. The van der Waals surface area contributed by atoms with E-state index in [1.807, 2.05) is 0 Å². The normalized spacial score (nSPS) is 12.5. The van der Waals surface area contributed by atoms with Gasteiger partial charge in [0.1, 0.15) is 0 Å². The molecule has 6 heteroatoms. The third-order valence-electron chi connectivity index (χ3n) is 1.67. The van der Waals surface area contributed by atoms with Crippen molar-refractivity contribution in [3.8, 4) is 0 Å². The molecule has 1 atom stereocenters. The molecule has 0 saturated carbocycles. The van der Waals surface area contributed by atoms with Crippen LogP contribution in [-0.4, -0.2) is 37.4 Å². The summed E-state index contributed by atoms with van der Waals surface area (Å²) in [5.74, 6) is -0.199. The molecule has 84 valence electrons. The van der Waals surface area contributed by atoms with Crippen LogP contribution >= 0.6 is 24.0 Å². The molecule has 0 spiro atoms. The van der Waals surface area contributed by atoms with Gasteiger partial charge in [0.2, 0.25) is 0 Å². The number of carbonyl (C=O) groups is 1. The monoisotopic (exact) mass is 247 g/mol. The molecule has 0 aliphatic rings. The van der Waals surface area contributed by atoms with Crippen LogP contribution in [0.2, 0.25) is 0 Å². The Kier molecular flexibility index (Phi) is 5.10. The van der Waals surface area contributed by atoms with Crippen molar-refractivity contribution in [1.29, 1.82) is 0 Å².